The van der Waals surface area contributed by atoms with Crippen LogP contribution < -0.4 is 5.73 Å². The zero-order valence-corrected chi connectivity index (χ0v) is 7.43. The number of aromatic nitrogens is 2. The number of aryl methyl sites for hydroxylation is 1. The molecule has 3 nitrogen and oxygen atoms in total. The number of rotatable bonds is 1. The van der Waals surface area contributed by atoms with Crippen LogP contribution in [0.2, 0.25) is 0 Å². The van der Waals surface area contributed by atoms with Crippen molar-refractivity contribution in [1.82, 2.24) is 10.2 Å². The molecule has 4 heteroatoms. The molecule has 0 aromatic carbocycles. The summed E-state index contributed by atoms with van der Waals surface area (Å²) < 4.78 is 0. The molecule has 0 fully saturated rings. The maximum Gasteiger partial charge on any atom is 0.0795 e. The maximum atomic E-state index is 5.56. The minimum absolute atomic E-state index is 0. The second-order valence-corrected chi connectivity index (χ2v) is 2.39. The van der Waals surface area contributed by atoms with Crippen LogP contribution in [-0.4, -0.2) is 10.2 Å². The molecule has 0 aliphatic heterocycles. The van der Waals surface area contributed by atoms with Gasteiger partial charge in [-0.15, -0.1) is 12.4 Å². The quantitative estimate of drug-likeness (QED) is 0.695. The molecule has 2 N–H and O–H groups in total. The summed E-state index contributed by atoms with van der Waals surface area (Å²) >= 11 is 0. The summed E-state index contributed by atoms with van der Waals surface area (Å²) in [4.78, 5) is 0. The first kappa shape index (κ1) is 10.3. The fraction of sp³-hybridized carbons (Fsp3) is 0.429. The van der Waals surface area contributed by atoms with Crippen molar-refractivity contribution in [2.45, 2.75) is 19.9 Å². The summed E-state index contributed by atoms with van der Waals surface area (Å²) in [5.74, 6) is 0. The Labute approximate surface area is 72.4 Å². The van der Waals surface area contributed by atoms with Crippen molar-refractivity contribution in [2.24, 2.45) is 5.73 Å². The van der Waals surface area contributed by atoms with E-state index in [1.165, 1.54) is 0 Å². The molecule has 0 aliphatic carbocycles. The van der Waals surface area contributed by atoms with Crippen LogP contribution in [0.25, 0.3) is 0 Å². The van der Waals surface area contributed by atoms with E-state index in [1.807, 2.05) is 26.0 Å². The van der Waals surface area contributed by atoms with Crippen LogP contribution >= 0.6 is 12.4 Å². The summed E-state index contributed by atoms with van der Waals surface area (Å²) in [5, 5.41) is 7.77. The summed E-state index contributed by atoms with van der Waals surface area (Å²) in [7, 11) is 0. The molecule has 1 heterocycles. The number of hydrogen-bond acceptors (Lipinski definition) is 3. The Morgan fingerprint density at radius 2 is 2.00 bits per heavy atom. The third-order valence-corrected chi connectivity index (χ3v) is 1.29. The monoisotopic (exact) mass is 173 g/mol. The van der Waals surface area contributed by atoms with Gasteiger partial charge >= 0.3 is 0 Å². The molecule has 0 unspecified atom stereocenters. The van der Waals surface area contributed by atoms with Crippen molar-refractivity contribution < 1.29 is 0 Å². The van der Waals surface area contributed by atoms with Crippen LogP contribution in [0.15, 0.2) is 12.1 Å². The lowest BCUT2D eigenvalue weighted by molar-refractivity contribution is 0.746. The first-order valence-electron chi connectivity index (χ1n) is 3.26. The van der Waals surface area contributed by atoms with E-state index in [-0.39, 0.29) is 18.4 Å². The SMILES string of the molecule is Cc1ccc([C@H](C)N)nn1.Cl. The molecular formula is C7H12ClN3. The fourth-order valence-electron chi connectivity index (χ4n) is 0.652. The van der Waals surface area contributed by atoms with Crippen LogP contribution in [0.5, 0.6) is 0 Å². The Hall–Kier alpha value is -0.670. The lowest BCUT2D eigenvalue weighted by Crippen LogP contribution is -2.08. The third-order valence-electron chi connectivity index (χ3n) is 1.29. The van der Waals surface area contributed by atoms with Gasteiger partial charge in [-0.3, -0.25) is 0 Å². The van der Waals surface area contributed by atoms with Gasteiger partial charge < -0.3 is 5.73 Å². The van der Waals surface area contributed by atoms with Crippen LogP contribution in [-0.2, 0) is 0 Å². The van der Waals surface area contributed by atoms with Crippen LogP contribution in [0.3, 0.4) is 0 Å². The Kier molecular flexibility index (Phi) is 4.00. The van der Waals surface area contributed by atoms with Gasteiger partial charge in [0.1, 0.15) is 0 Å². The molecule has 0 saturated heterocycles. The minimum Gasteiger partial charge on any atom is -0.323 e. The molecule has 1 aromatic rings. The molecule has 0 saturated carbocycles. The topological polar surface area (TPSA) is 51.8 Å². The van der Waals surface area contributed by atoms with Gasteiger partial charge in [0.15, 0.2) is 0 Å². The zero-order chi connectivity index (χ0) is 7.56. The van der Waals surface area contributed by atoms with E-state index in [4.69, 9.17) is 5.73 Å². The van der Waals surface area contributed by atoms with Gasteiger partial charge in [-0.05, 0) is 26.0 Å². The van der Waals surface area contributed by atoms with Gasteiger partial charge in [-0.2, -0.15) is 10.2 Å². The highest BCUT2D eigenvalue weighted by Crippen LogP contribution is 2.03. The van der Waals surface area contributed by atoms with Crippen molar-refractivity contribution >= 4 is 12.4 Å². The highest BCUT2D eigenvalue weighted by Gasteiger charge is 1.98. The second-order valence-electron chi connectivity index (χ2n) is 2.39. The second kappa shape index (κ2) is 4.26. The molecule has 1 rings (SSSR count). The molecule has 1 aromatic heterocycles. The molecule has 0 radical (unpaired) electrons. The molecule has 62 valence electrons. The van der Waals surface area contributed by atoms with E-state index in [0.29, 0.717) is 0 Å². The molecule has 0 spiro atoms. The number of nitrogens with two attached hydrogens (primary N) is 1. The normalized spacial score (nSPS) is 11.9. The molecule has 0 bridgehead atoms. The van der Waals surface area contributed by atoms with Crippen LogP contribution in [0.4, 0.5) is 0 Å². The number of hydrogen-bond donors (Lipinski definition) is 1. The summed E-state index contributed by atoms with van der Waals surface area (Å²) in [6, 6.07) is 3.78. The first-order valence-corrected chi connectivity index (χ1v) is 3.26. The summed E-state index contributed by atoms with van der Waals surface area (Å²) in [6.07, 6.45) is 0. The average Bonchev–Trinajstić information content (AvgIpc) is 1.88. The Balaban J connectivity index is 0.000001000. The van der Waals surface area contributed by atoms with E-state index < -0.39 is 0 Å². The average molecular weight is 174 g/mol. The summed E-state index contributed by atoms with van der Waals surface area (Å²) in [5.41, 5.74) is 7.32. The van der Waals surface area contributed by atoms with Gasteiger partial charge in [0.2, 0.25) is 0 Å². The Morgan fingerprint density at radius 3 is 2.36 bits per heavy atom. The molecule has 11 heavy (non-hydrogen) atoms. The van der Waals surface area contributed by atoms with Crippen molar-refractivity contribution in [3.8, 4) is 0 Å². The highest BCUT2D eigenvalue weighted by molar-refractivity contribution is 5.85. The standard InChI is InChI=1S/C7H11N3.ClH/c1-5-3-4-7(6(2)8)10-9-5;/h3-4,6H,8H2,1-2H3;1H/t6-;/m0./s1. The predicted molar refractivity (Wildman–Crippen MR) is 46.6 cm³/mol. The van der Waals surface area contributed by atoms with E-state index in [1.54, 1.807) is 0 Å². The molecule has 1 atom stereocenters. The van der Waals surface area contributed by atoms with Gasteiger partial charge in [-0.25, -0.2) is 0 Å². The zero-order valence-electron chi connectivity index (χ0n) is 6.61. The van der Waals surface area contributed by atoms with Crippen molar-refractivity contribution in [3.05, 3.63) is 23.5 Å². The minimum atomic E-state index is -0.0203. The lowest BCUT2D eigenvalue weighted by Gasteiger charge is -2.01. The first-order chi connectivity index (χ1) is 4.70. The lowest BCUT2D eigenvalue weighted by atomic mass is 10.2. The Morgan fingerprint density at radius 1 is 1.36 bits per heavy atom. The van der Waals surface area contributed by atoms with E-state index in [9.17, 15) is 0 Å². The van der Waals surface area contributed by atoms with Crippen molar-refractivity contribution in [2.75, 3.05) is 0 Å². The van der Waals surface area contributed by atoms with E-state index in [0.717, 1.165) is 11.4 Å². The van der Waals surface area contributed by atoms with Gasteiger partial charge in [0.05, 0.1) is 11.4 Å². The summed E-state index contributed by atoms with van der Waals surface area (Å²) in [6.45, 7) is 3.79. The molecule has 0 amide bonds. The smallest absolute Gasteiger partial charge is 0.0795 e. The van der Waals surface area contributed by atoms with Gasteiger partial charge in [0.25, 0.3) is 0 Å². The molecular weight excluding hydrogens is 162 g/mol. The highest BCUT2D eigenvalue weighted by atomic mass is 35.5. The van der Waals surface area contributed by atoms with E-state index >= 15 is 0 Å². The largest absolute Gasteiger partial charge is 0.323 e. The molecule has 0 aliphatic rings. The van der Waals surface area contributed by atoms with Crippen molar-refractivity contribution in [3.63, 3.8) is 0 Å². The van der Waals surface area contributed by atoms with Crippen molar-refractivity contribution in [1.29, 1.82) is 0 Å². The van der Waals surface area contributed by atoms with Crippen LogP contribution in [0, 0.1) is 6.92 Å². The fourth-order valence-corrected chi connectivity index (χ4v) is 0.652. The van der Waals surface area contributed by atoms with Gasteiger partial charge in [-0.1, -0.05) is 0 Å². The number of halogens is 1. The third kappa shape index (κ3) is 2.82. The Bertz CT molecular complexity index is 207. The van der Waals surface area contributed by atoms with Gasteiger partial charge in [0, 0.05) is 6.04 Å². The van der Waals surface area contributed by atoms with E-state index in [2.05, 4.69) is 10.2 Å². The van der Waals surface area contributed by atoms with Crippen LogP contribution in [0.1, 0.15) is 24.4 Å². The maximum absolute atomic E-state index is 5.56. The predicted octanol–water partition coefficient (Wildman–Crippen LogP) is 1.23. The number of nitrogens with zero attached hydrogens (tertiary/aromatic N) is 2.